The van der Waals surface area contributed by atoms with Gasteiger partial charge in [0.1, 0.15) is 0 Å². The Kier molecular flexibility index (Phi) is 5.21. The molecule has 0 fully saturated rings. The van der Waals surface area contributed by atoms with E-state index in [2.05, 4.69) is 46.4 Å². The van der Waals surface area contributed by atoms with E-state index in [4.69, 9.17) is 12.2 Å². The zero-order chi connectivity index (χ0) is 12.8. The SMILES string of the molecule is CCNc1nc(C=S)nc(NC(C)C(C)C)n1. The minimum atomic E-state index is 0.296. The van der Waals surface area contributed by atoms with Crippen LogP contribution < -0.4 is 10.6 Å². The van der Waals surface area contributed by atoms with Crippen LogP contribution in [0.25, 0.3) is 0 Å². The van der Waals surface area contributed by atoms with Gasteiger partial charge in [-0.05, 0) is 19.8 Å². The summed E-state index contributed by atoms with van der Waals surface area (Å²) in [7, 11) is 0. The first kappa shape index (κ1) is 13.8. The number of hydrogen-bond donors (Lipinski definition) is 2. The van der Waals surface area contributed by atoms with Gasteiger partial charge in [0.05, 0.1) is 0 Å². The summed E-state index contributed by atoms with van der Waals surface area (Å²) >= 11 is 4.85. The standard InChI is InChI=1S/C11H19N5S/c1-5-12-10-14-9(6-17)15-11(16-10)13-8(4)7(2)3/h6-8H,5H2,1-4H3,(H2,12,13,14,15,16). The Morgan fingerprint density at radius 1 is 1.18 bits per heavy atom. The molecule has 0 saturated carbocycles. The zero-order valence-electron chi connectivity index (χ0n) is 10.7. The van der Waals surface area contributed by atoms with Gasteiger partial charge in [0.25, 0.3) is 0 Å². The largest absolute Gasteiger partial charge is 0.354 e. The minimum absolute atomic E-state index is 0.296. The Hall–Kier alpha value is -1.30. The highest BCUT2D eigenvalue weighted by Crippen LogP contribution is 2.10. The first-order chi connectivity index (χ1) is 8.06. The third-order valence-electron chi connectivity index (χ3n) is 2.45. The summed E-state index contributed by atoms with van der Waals surface area (Å²) in [5.74, 6) is 2.12. The Bertz CT molecular complexity index is 380. The predicted molar refractivity (Wildman–Crippen MR) is 74.7 cm³/mol. The molecule has 0 saturated heterocycles. The van der Waals surface area contributed by atoms with Gasteiger partial charge < -0.3 is 10.6 Å². The molecular weight excluding hydrogens is 234 g/mol. The molecule has 1 heterocycles. The van der Waals surface area contributed by atoms with Crippen LogP contribution in [0.3, 0.4) is 0 Å². The number of nitrogens with zero attached hydrogens (tertiary/aromatic N) is 3. The quantitative estimate of drug-likeness (QED) is 0.757. The fraction of sp³-hybridized carbons (Fsp3) is 0.636. The Balaban J connectivity index is 2.90. The lowest BCUT2D eigenvalue weighted by atomic mass is 10.1. The van der Waals surface area contributed by atoms with Crippen LogP contribution in [0.4, 0.5) is 11.9 Å². The molecule has 1 atom stereocenters. The zero-order valence-corrected chi connectivity index (χ0v) is 11.5. The molecule has 0 aliphatic carbocycles. The molecule has 0 bridgehead atoms. The second kappa shape index (κ2) is 6.44. The molecule has 0 aliphatic heterocycles. The van der Waals surface area contributed by atoms with E-state index in [1.807, 2.05) is 6.92 Å². The maximum absolute atomic E-state index is 4.85. The predicted octanol–water partition coefficient (Wildman–Crippen LogP) is 2.11. The topological polar surface area (TPSA) is 62.7 Å². The van der Waals surface area contributed by atoms with Crippen molar-refractivity contribution in [1.29, 1.82) is 0 Å². The first-order valence-corrected chi connectivity index (χ1v) is 6.25. The smallest absolute Gasteiger partial charge is 0.228 e. The molecule has 0 amide bonds. The second-order valence-electron chi connectivity index (χ2n) is 4.17. The third-order valence-corrected chi connectivity index (χ3v) is 2.66. The van der Waals surface area contributed by atoms with Crippen molar-refractivity contribution in [2.24, 2.45) is 5.92 Å². The van der Waals surface area contributed by atoms with Gasteiger partial charge in [0.15, 0.2) is 5.82 Å². The summed E-state index contributed by atoms with van der Waals surface area (Å²) in [6.07, 6.45) is 0. The van der Waals surface area contributed by atoms with E-state index in [9.17, 15) is 0 Å². The van der Waals surface area contributed by atoms with E-state index in [1.54, 1.807) is 0 Å². The van der Waals surface area contributed by atoms with Crippen LogP contribution in [0.15, 0.2) is 0 Å². The van der Waals surface area contributed by atoms with Gasteiger partial charge in [-0.1, -0.05) is 26.1 Å². The molecule has 17 heavy (non-hydrogen) atoms. The normalized spacial score (nSPS) is 12.3. The van der Waals surface area contributed by atoms with E-state index in [0.29, 0.717) is 29.7 Å². The van der Waals surface area contributed by atoms with E-state index >= 15 is 0 Å². The lowest BCUT2D eigenvalue weighted by Gasteiger charge is -2.17. The maximum atomic E-state index is 4.85. The maximum Gasteiger partial charge on any atom is 0.228 e. The molecule has 6 heteroatoms. The van der Waals surface area contributed by atoms with Crippen molar-refractivity contribution in [3.63, 3.8) is 0 Å². The van der Waals surface area contributed by atoms with Crippen LogP contribution in [0.5, 0.6) is 0 Å². The van der Waals surface area contributed by atoms with Crippen LogP contribution in [-0.2, 0) is 0 Å². The van der Waals surface area contributed by atoms with Crippen molar-refractivity contribution in [2.45, 2.75) is 33.7 Å². The summed E-state index contributed by atoms with van der Waals surface area (Å²) < 4.78 is 0. The molecule has 94 valence electrons. The van der Waals surface area contributed by atoms with Crippen molar-refractivity contribution >= 4 is 29.5 Å². The van der Waals surface area contributed by atoms with Crippen LogP contribution >= 0.6 is 12.2 Å². The molecule has 1 aromatic rings. The van der Waals surface area contributed by atoms with Crippen molar-refractivity contribution in [3.05, 3.63) is 5.82 Å². The van der Waals surface area contributed by atoms with E-state index in [0.717, 1.165) is 6.54 Å². The first-order valence-electron chi connectivity index (χ1n) is 5.78. The molecule has 5 nitrogen and oxygen atoms in total. The average Bonchev–Trinajstić information content (AvgIpc) is 2.28. The van der Waals surface area contributed by atoms with E-state index < -0.39 is 0 Å². The van der Waals surface area contributed by atoms with Gasteiger partial charge in [-0.3, -0.25) is 0 Å². The summed E-state index contributed by atoms with van der Waals surface area (Å²) in [6, 6.07) is 0.296. The van der Waals surface area contributed by atoms with Gasteiger partial charge in [-0.25, -0.2) is 0 Å². The second-order valence-corrected chi connectivity index (χ2v) is 4.40. The lowest BCUT2D eigenvalue weighted by molar-refractivity contribution is 0.556. The van der Waals surface area contributed by atoms with Crippen molar-refractivity contribution in [2.75, 3.05) is 17.2 Å². The average molecular weight is 253 g/mol. The number of rotatable bonds is 6. The molecule has 1 aromatic heterocycles. The van der Waals surface area contributed by atoms with Gasteiger partial charge in [-0.2, -0.15) is 15.0 Å². The van der Waals surface area contributed by atoms with Crippen LogP contribution in [0, 0.1) is 5.92 Å². The van der Waals surface area contributed by atoms with Crippen molar-refractivity contribution in [3.8, 4) is 0 Å². The monoisotopic (exact) mass is 253 g/mol. The van der Waals surface area contributed by atoms with E-state index in [-0.39, 0.29) is 0 Å². The van der Waals surface area contributed by atoms with Crippen LogP contribution in [0.2, 0.25) is 0 Å². The highest BCUT2D eigenvalue weighted by molar-refractivity contribution is 7.79. The lowest BCUT2D eigenvalue weighted by Crippen LogP contribution is -2.23. The molecule has 0 radical (unpaired) electrons. The number of thiocarbonyl (C=S) groups is 1. The van der Waals surface area contributed by atoms with E-state index in [1.165, 1.54) is 5.37 Å². The highest BCUT2D eigenvalue weighted by atomic mass is 32.1. The molecule has 0 aromatic carbocycles. The minimum Gasteiger partial charge on any atom is -0.354 e. The third kappa shape index (κ3) is 4.22. The van der Waals surface area contributed by atoms with Gasteiger partial charge in [0, 0.05) is 18.0 Å². The number of nitrogens with one attached hydrogen (secondary N) is 2. The summed E-state index contributed by atoms with van der Waals surface area (Å²) in [6.45, 7) is 9.14. The van der Waals surface area contributed by atoms with Gasteiger partial charge >= 0.3 is 0 Å². The molecule has 0 aliphatic rings. The fourth-order valence-corrected chi connectivity index (χ4v) is 1.22. The summed E-state index contributed by atoms with van der Waals surface area (Å²) in [5.41, 5.74) is 0. The Morgan fingerprint density at radius 2 is 1.82 bits per heavy atom. The summed E-state index contributed by atoms with van der Waals surface area (Å²) in [4.78, 5) is 12.7. The Morgan fingerprint density at radius 3 is 2.35 bits per heavy atom. The fourth-order valence-electron chi connectivity index (χ4n) is 1.12. The number of aromatic nitrogens is 3. The molecule has 2 N–H and O–H groups in total. The molecule has 1 unspecified atom stereocenters. The highest BCUT2D eigenvalue weighted by Gasteiger charge is 2.10. The van der Waals surface area contributed by atoms with Crippen molar-refractivity contribution < 1.29 is 0 Å². The van der Waals surface area contributed by atoms with Gasteiger partial charge in [-0.15, -0.1) is 0 Å². The van der Waals surface area contributed by atoms with Crippen molar-refractivity contribution in [1.82, 2.24) is 15.0 Å². The number of hydrogen-bond acceptors (Lipinski definition) is 6. The number of anilines is 2. The molecular formula is C11H19N5S. The van der Waals surface area contributed by atoms with Crippen LogP contribution in [0.1, 0.15) is 33.5 Å². The van der Waals surface area contributed by atoms with Gasteiger partial charge in [0.2, 0.25) is 11.9 Å². The molecule has 1 rings (SSSR count). The Labute approximate surface area is 107 Å². The summed E-state index contributed by atoms with van der Waals surface area (Å²) in [5, 5.41) is 7.76. The van der Waals surface area contributed by atoms with Crippen LogP contribution in [-0.4, -0.2) is 32.9 Å². The molecule has 0 spiro atoms.